The summed E-state index contributed by atoms with van der Waals surface area (Å²) in [6.45, 7) is 5.55. The van der Waals surface area contributed by atoms with E-state index < -0.39 is 24.2 Å². The fourth-order valence-electron chi connectivity index (χ4n) is 1.72. The zero-order valence-electron chi connectivity index (χ0n) is 11.8. The van der Waals surface area contributed by atoms with Crippen LogP contribution >= 0.6 is 0 Å². The normalized spacial score (nSPS) is 14.2. The lowest BCUT2D eigenvalue weighted by Crippen LogP contribution is -2.23. The van der Waals surface area contributed by atoms with Gasteiger partial charge < -0.3 is 15.6 Å². The van der Waals surface area contributed by atoms with Gasteiger partial charge in [0.15, 0.2) is 0 Å². The van der Waals surface area contributed by atoms with E-state index in [-0.39, 0.29) is 17.7 Å². The molecule has 1 aromatic rings. The first-order chi connectivity index (χ1) is 8.98. The van der Waals surface area contributed by atoms with Gasteiger partial charge in [-0.25, -0.2) is 0 Å². The van der Waals surface area contributed by atoms with E-state index in [0.717, 1.165) is 0 Å². The molecule has 1 aromatic carbocycles. The molecule has 1 rings (SSSR count). The largest absolute Gasteiger partial charge is 0.508 e. The second-order valence-electron chi connectivity index (χ2n) is 5.70. The van der Waals surface area contributed by atoms with Crippen molar-refractivity contribution in [3.63, 3.8) is 0 Å². The Morgan fingerprint density at radius 2 is 1.85 bits per heavy atom. The van der Waals surface area contributed by atoms with Crippen molar-refractivity contribution in [2.75, 3.05) is 0 Å². The van der Waals surface area contributed by atoms with Crippen molar-refractivity contribution in [1.82, 2.24) is 0 Å². The number of phenolic OH excluding ortho intramolecular Hbond substituents is 1. The number of hydrogen-bond acceptors (Lipinski definition) is 3. The van der Waals surface area contributed by atoms with Gasteiger partial charge in [-0.1, -0.05) is 0 Å². The lowest BCUT2D eigenvalue weighted by molar-refractivity contribution is -0.136. The third kappa shape index (κ3) is 5.69. The SMILES string of the molecule is CC(C)(C)Oc1ccc(O)c([C@H](N)CCC(F)(F)F)c1. The van der Waals surface area contributed by atoms with Crippen LogP contribution in [0.2, 0.25) is 0 Å². The molecule has 0 unspecified atom stereocenters. The summed E-state index contributed by atoms with van der Waals surface area (Å²) in [5.41, 5.74) is 5.54. The van der Waals surface area contributed by atoms with E-state index in [2.05, 4.69) is 0 Å². The van der Waals surface area contributed by atoms with Gasteiger partial charge in [-0.05, 0) is 45.4 Å². The number of hydrogen-bond donors (Lipinski definition) is 2. The van der Waals surface area contributed by atoms with Crippen LogP contribution in [0.3, 0.4) is 0 Å². The number of rotatable bonds is 4. The molecule has 20 heavy (non-hydrogen) atoms. The second kappa shape index (κ2) is 5.91. The van der Waals surface area contributed by atoms with Gasteiger partial charge in [-0.2, -0.15) is 13.2 Å². The van der Waals surface area contributed by atoms with Gasteiger partial charge >= 0.3 is 6.18 Å². The summed E-state index contributed by atoms with van der Waals surface area (Å²) < 4.78 is 42.2. The Hall–Kier alpha value is -1.43. The number of aromatic hydroxyl groups is 1. The minimum Gasteiger partial charge on any atom is -0.508 e. The van der Waals surface area contributed by atoms with E-state index in [9.17, 15) is 18.3 Å². The monoisotopic (exact) mass is 291 g/mol. The molecule has 0 fully saturated rings. The van der Waals surface area contributed by atoms with Crippen LogP contribution < -0.4 is 10.5 Å². The van der Waals surface area contributed by atoms with Crippen molar-refractivity contribution in [1.29, 1.82) is 0 Å². The van der Waals surface area contributed by atoms with Crippen LogP contribution in [0.1, 0.15) is 45.2 Å². The van der Waals surface area contributed by atoms with E-state index in [1.54, 1.807) is 6.07 Å². The minimum atomic E-state index is -4.26. The average Bonchev–Trinajstić information content (AvgIpc) is 2.25. The van der Waals surface area contributed by atoms with Crippen molar-refractivity contribution >= 4 is 0 Å². The van der Waals surface area contributed by atoms with Gasteiger partial charge in [0, 0.05) is 18.0 Å². The van der Waals surface area contributed by atoms with Gasteiger partial charge in [0.05, 0.1) is 0 Å². The van der Waals surface area contributed by atoms with Crippen molar-refractivity contribution in [2.45, 2.75) is 51.4 Å². The Morgan fingerprint density at radius 1 is 1.25 bits per heavy atom. The molecule has 1 atom stereocenters. The fraction of sp³-hybridized carbons (Fsp3) is 0.571. The molecule has 0 bridgehead atoms. The first kappa shape index (κ1) is 16.6. The van der Waals surface area contributed by atoms with E-state index in [1.807, 2.05) is 20.8 Å². The first-order valence-corrected chi connectivity index (χ1v) is 6.32. The molecule has 0 radical (unpaired) electrons. The fourth-order valence-corrected chi connectivity index (χ4v) is 1.72. The highest BCUT2D eigenvalue weighted by Gasteiger charge is 2.28. The molecule has 0 aromatic heterocycles. The summed E-state index contributed by atoms with van der Waals surface area (Å²) in [5, 5.41) is 9.72. The molecule has 0 amide bonds. The maximum Gasteiger partial charge on any atom is 0.389 e. The number of alkyl halides is 3. The maximum absolute atomic E-state index is 12.2. The minimum absolute atomic E-state index is 0.124. The van der Waals surface area contributed by atoms with E-state index >= 15 is 0 Å². The van der Waals surface area contributed by atoms with Crippen molar-refractivity contribution < 1.29 is 23.0 Å². The van der Waals surface area contributed by atoms with E-state index in [0.29, 0.717) is 5.75 Å². The van der Waals surface area contributed by atoms with Gasteiger partial charge in [0.1, 0.15) is 17.1 Å². The maximum atomic E-state index is 12.2. The van der Waals surface area contributed by atoms with Crippen LogP contribution in [-0.4, -0.2) is 16.9 Å². The molecule has 0 heterocycles. The zero-order valence-corrected chi connectivity index (χ0v) is 11.8. The Labute approximate surface area is 116 Å². The highest BCUT2D eigenvalue weighted by Crippen LogP contribution is 2.33. The number of nitrogens with two attached hydrogens (primary N) is 1. The summed E-state index contributed by atoms with van der Waals surface area (Å²) in [7, 11) is 0. The highest BCUT2D eigenvalue weighted by molar-refractivity contribution is 5.41. The molecule has 0 spiro atoms. The molecule has 3 N–H and O–H groups in total. The summed E-state index contributed by atoms with van der Waals surface area (Å²) in [6, 6.07) is 3.53. The second-order valence-corrected chi connectivity index (χ2v) is 5.70. The predicted octanol–water partition coefficient (Wildman–Crippen LogP) is 3.91. The molecule has 0 saturated heterocycles. The van der Waals surface area contributed by atoms with Crippen molar-refractivity contribution in [3.8, 4) is 11.5 Å². The molecule has 6 heteroatoms. The van der Waals surface area contributed by atoms with Gasteiger partial charge in [-0.15, -0.1) is 0 Å². The zero-order chi connectivity index (χ0) is 15.6. The van der Waals surface area contributed by atoms with Crippen LogP contribution in [0, 0.1) is 0 Å². The molecule has 0 saturated carbocycles. The third-order valence-electron chi connectivity index (χ3n) is 2.56. The van der Waals surface area contributed by atoms with Crippen molar-refractivity contribution in [3.05, 3.63) is 23.8 Å². The van der Waals surface area contributed by atoms with E-state index in [4.69, 9.17) is 10.5 Å². The van der Waals surface area contributed by atoms with Crippen LogP contribution in [-0.2, 0) is 0 Å². The van der Waals surface area contributed by atoms with Gasteiger partial charge in [-0.3, -0.25) is 0 Å². The van der Waals surface area contributed by atoms with Crippen LogP contribution in [0.25, 0.3) is 0 Å². The quantitative estimate of drug-likeness (QED) is 0.884. The highest BCUT2D eigenvalue weighted by atomic mass is 19.4. The third-order valence-corrected chi connectivity index (χ3v) is 2.56. The summed E-state index contributed by atoms with van der Waals surface area (Å²) in [6.07, 6.45) is -5.53. The Morgan fingerprint density at radius 3 is 2.35 bits per heavy atom. The molecule has 0 aliphatic carbocycles. The molecule has 0 aliphatic heterocycles. The number of phenols is 1. The summed E-state index contributed by atoms with van der Waals surface area (Å²) in [5.74, 6) is 0.341. The predicted molar refractivity (Wildman–Crippen MR) is 70.7 cm³/mol. The average molecular weight is 291 g/mol. The molecule has 114 valence electrons. The Bertz CT molecular complexity index is 453. The van der Waals surface area contributed by atoms with Gasteiger partial charge in [0.2, 0.25) is 0 Å². The standard InChI is InChI=1S/C14H20F3NO2/c1-13(2,3)20-9-4-5-12(19)10(8-9)11(18)6-7-14(15,16)17/h4-5,8,11,19H,6-7,18H2,1-3H3/t11-/m1/s1. The summed E-state index contributed by atoms with van der Waals surface area (Å²) >= 11 is 0. The van der Waals surface area contributed by atoms with Crippen LogP contribution in [0.15, 0.2) is 18.2 Å². The Balaban J connectivity index is 2.85. The number of halogens is 3. The molecular formula is C14H20F3NO2. The lowest BCUT2D eigenvalue weighted by Gasteiger charge is -2.23. The smallest absolute Gasteiger partial charge is 0.389 e. The van der Waals surface area contributed by atoms with Crippen molar-refractivity contribution in [2.24, 2.45) is 5.73 Å². The van der Waals surface area contributed by atoms with Crippen LogP contribution in [0.5, 0.6) is 11.5 Å². The molecule has 0 aliphatic rings. The lowest BCUT2D eigenvalue weighted by atomic mass is 10.0. The number of benzene rings is 1. The Kier molecular flexibility index (Phi) is 4.91. The topological polar surface area (TPSA) is 55.5 Å². The molecular weight excluding hydrogens is 271 g/mol. The number of ether oxygens (including phenoxy) is 1. The first-order valence-electron chi connectivity index (χ1n) is 6.32. The molecule has 3 nitrogen and oxygen atoms in total. The summed E-state index contributed by atoms with van der Waals surface area (Å²) in [4.78, 5) is 0. The van der Waals surface area contributed by atoms with E-state index in [1.165, 1.54) is 12.1 Å². The van der Waals surface area contributed by atoms with Crippen LogP contribution in [0.4, 0.5) is 13.2 Å². The van der Waals surface area contributed by atoms with Gasteiger partial charge in [0.25, 0.3) is 0 Å².